The molecule has 0 saturated carbocycles. The van der Waals surface area contributed by atoms with Crippen LogP contribution in [-0.2, 0) is 4.74 Å². The third-order valence-corrected chi connectivity index (χ3v) is 1.84. The molecular weight excluding hydrogens is 191 g/mol. The van der Waals surface area contributed by atoms with Crippen LogP contribution in [0.5, 0.6) is 0 Å². The smallest absolute Gasteiger partial charge is 0.282 e. The van der Waals surface area contributed by atoms with E-state index in [2.05, 4.69) is 0 Å². The van der Waals surface area contributed by atoms with E-state index in [9.17, 15) is 14.5 Å². The van der Waals surface area contributed by atoms with E-state index in [1.165, 1.54) is 0 Å². The third-order valence-electron chi connectivity index (χ3n) is 1.84. The number of nitrogens with two attached hydrogens (primary N) is 1. The van der Waals surface area contributed by atoms with Gasteiger partial charge in [0.25, 0.3) is 5.70 Å². The predicted molar refractivity (Wildman–Crippen MR) is 47.4 cm³/mol. The topological polar surface area (TPSA) is 78.4 Å². The third kappa shape index (κ3) is 2.01. The normalized spacial score (nSPS) is 21.9. The van der Waals surface area contributed by atoms with E-state index < -0.39 is 16.8 Å². The maximum atomic E-state index is 13.2. The molecule has 2 N–H and O–H groups in total. The Hall–Kier alpha value is -1.59. The highest BCUT2D eigenvalue weighted by molar-refractivity contribution is 5.28. The van der Waals surface area contributed by atoms with Crippen molar-refractivity contribution in [2.24, 2.45) is 5.73 Å². The Balaban J connectivity index is 2.93. The highest BCUT2D eigenvalue weighted by Crippen LogP contribution is 2.25. The molecule has 78 valence electrons. The van der Waals surface area contributed by atoms with Crippen molar-refractivity contribution < 1.29 is 14.1 Å². The lowest BCUT2D eigenvalue weighted by atomic mass is 10.1. The molecule has 0 aromatic rings. The molecule has 0 aromatic heterocycles. The molecule has 0 aliphatic heterocycles. The van der Waals surface area contributed by atoms with E-state index in [1.54, 1.807) is 6.92 Å². The first-order valence-electron chi connectivity index (χ1n) is 4.17. The molecule has 6 heteroatoms. The van der Waals surface area contributed by atoms with Crippen LogP contribution < -0.4 is 5.73 Å². The maximum absolute atomic E-state index is 13.2. The minimum absolute atomic E-state index is 0.132. The molecular formula is C8H11FN2O3. The van der Waals surface area contributed by atoms with Gasteiger partial charge in [0.05, 0.1) is 17.2 Å². The van der Waals surface area contributed by atoms with Gasteiger partial charge >= 0.3 is 0 Å². The van der Waals surface area contributed by atoms with Crippen molar-refractivity contribution >= 4 is 0 Å². The molecule has 0 amide bonds. The number of halogens is 1. The molecule has 5 nitrogen and oxygen atoms in total. The van der Waals surface area contributed by atoms with E-state index in [0.717, 1.165) is 6.08 Å². The summed E-state index contributed by atoms with van der Waals surface area (Å²) < 4.78 is 18.2. The standard InChI is InChI=1S/C8H11FN2O3/c1-2-14-8-3-5(9)7(11(12)13)4-6(8)10/h4-5H,2-3,10H2,1H3. The fourth-order valence-electron chi connectivity index (χ4n) is 1.20. The summed E-state index contributed by atoms with van der Waals surface area (Å²) >= 11 is 0. The first kappa shape index (κ1) is 10.5. The molecule has 0 saturated heterocycles. The van der Waals surface area contributed by atoms with Crippen LogP contribution in [0, 0.1) is 10.1 Å². The minimum atomic E-state index is -1.64. The lowest BCUT2D eigenvalue weighted by Gasteiger charge is -2.16. The van der Waals surface area contributed by atoms with Crippen molar-refractivity contribution in [1.82, 2.24) is 0 Å². The van der Waals surface area contributed by atoms with Crippen molar-refractivity contribution in [2.45, 2.75) is 19.5 Å². The van der Waals surface area contributed by atoms with Crippen molar-refractivity contribution in [3.63, 3.8) is 0 Å². The number of nitro groups is 1. The molecule has 0 aromatic carbocycles. The van der Waals surface area contributed by atoms with Gasteiger partial charge in [0.1, 0.15) is 5.76 Å². The molecule has 0 spiro atoms. The zero-order valence-corrected chi connectivity index (χ0v) is 7.70. The minimum Gasteiger partial charge on any atom is -0.496 e. The highest BCUT2D eigenvalue weighted by Gasteiger charge is 2.31. The van der Waals surface area contributed by atoms with E-state index in [4.69, 9.17) is 10.5 Å². The molecule has 1 atom stereocenters. The van der Waals surface area contributed by atoms with Gasteiger partial charge in [0.15, 0.2) is 6.17 Å². The van der Waals surface area contributed by atoms with Crippen molar-refractivity contribution in [3.05, 3.63) is 33.3 Å². The van der Waals surface area contributed by atoms with Crippen LogP contribution in [0.1, 0.15) is 13.3 Å². The van der Waals surface area contributed by atoms with Crippen LogP contribution in [-0.4, -0.2) is 17.7 Å². The summed E-state index contributed by atoms with van der Waals surface area (Å²) in [6, 6.07) is 0. The second-order valence-corrected chi connectivity index (χ2v) is 2.81. The first-order valence-corrected chi connectivity index (χ1v) is 4.17. The number of hydrogen-bond donors (Lipinski definition) is 1. The van der Waals surface area contributed by atoms with Gasteiger partial charge in [-0.2, -0.15) is 0 Å². The van der Waals surface area contributed by atoms with Gasteiger partial charge in [-0.25, -0.2) is 4.39 Å². The zero-order valence-electron chi connectivity index (χ0n) is 7.70. The molecule has 1 unspecified atom stereocenters. The Morgan fingerprint density at radius 2 is 2.50 bits per heavy atom. The van der Waals surface area contributed by atoms with Gasteiger partial charge in [-0.1, -0.05) is 0 Å². The molecule has 0 radical (unpaired) electrons. The van der Waals surface area contributed by atoms with Gasteiger partial charge < -0.3 is 10.5 Å². The summed E-state index contributed by atoms with van der Waals surface area (Å²) in [6.45, 7) is 2.10. The van der Waals surface area contributed by atoms with Crippen molar-refractivity contribution in [2.75, 3.05) is 6.61 Å². The summed E-state index contributed by atoms with van der Waals surface area (Å²) in [5.74, 6) is 0.283. The zero-order chi connectivity index (χ0) is 10.7. The Morgan fingerprint density at radius 3 is 3.00 bits per heavy atom. The fourth-order valence-corrected chi connectivity index (χ4v) is 1.20. The van der Waals surface area contributed by atoms with Crippen LogP contribution >= 0.6 is 0 Å². The number of nitrogens with zero attached hydrogens (tertiary/aromatic N) is 1. The average Bonchev–Trinajstić information content (AvgIpc) is 2.10. The van der Waals surface area contributed by atoms with Crippen molar-refractivity contribution in [3.8, 4) is 0 Å². The molecule has 0 heterocycles. The number of hydrogen-bond acceptors (Lipinski definition) is 4. The summed E-state index contributed by atoms with van der Waals surface area (Å²) in [6.07, 6.45) is -0.787. The Morgan fingerprint density at radius 1 is 1.86 bits per heavy atom. The number of allylic oxidation sites excluding steroid dienone is 3. The predicted octanol–water partition coefficient (Wildman–Crippen LogP) is 1.10. The van der Waals surface area contributed by atoms with Crippen molar-refractivity contribution in [1.29, 1.82) is 0 Å². The highest BCUT2D eigenvalue weighted by atomic mass is 19.1. The maximum Gasteiger partial charge on any atom is 0.282 e. The number of rotatable bonds is 3. The lowest BCUT2D eigenvalue weighted by Crippen LogP contribution is -2.21. The fraction of sp³-hybridized carbons (Fsp3) is 0.500. The largest absolute Gasteiger partial charge is 0.496 e. The van der Waals surface area contributed by atoms with E-state index in [-0.39, 0.29) is 17.9 Å². The van der Waals surface area contributed by atoms with Crippen LogP contribution in [0.3, 0.4) is 0 Å². The monoisotopic (exact) mass is 202 g/mol. The summed E-state index contributed by atoms with van der Waals surface area (Å²) in [4.78, 5) is 9.59. The van der Waals surface area contributed by atoms with E-state index in [0.29, 0.717) is 6.61 Å². The Bertz CT molecular complexity index is 312. The van der Waals surface area contributed by atoms with Crippen LogP contribution in [0.25, 0.3) is 0 Å². The molecule has 1 aliphatic rings. The van der Waals surface area contributed by atoms with Crippen LogP contribution in [0.15, 0.2) is 23.2 Å². The van der Waals surface area contributed by atoms with Crippen LogP contribution in [0.4, 0.5) is 4.39 Å². The quantitative estimate of drug-likeness (QED) is 0.549. The van der Waals surface area contributed by atoms with Gasteiger partial charge in [-0.3, -0.25) is 10.1 Å². The Labute approximate surface area is 80.2 Å². The van der Waals surface area contributed by atoms with Gasteiger partial charge in [-0.05, 0) is 6.92 Å². The van der Waals surface area contributed by atoms with Gasteiger partial charge in [-0.15, -0.1) is 0 Å². The number of alkyl halides is 1. The van der Waals surface area contributed by atoms with Gasteiger partial charge in [0.2, 0.25) is 0 Å². The molecule has 1 aliphatic carbocycles. The second-order valence-electron chi connectivity index (χ2n) is 2.81. The Kier molecular flexibility index (Phi) is 3.06. The molecule has 1 rings (SSSR count). The average molecular weight is 202 g/mol. The SMILES string of the molecule is CCOC1=C(N)C=C([N+](=O)[O-])C(F)C1. The van der Waals surface area contributed by atoms with Crippen LogP contribution in [0.2, 0.25) is 0 Å². The second kappa shape index (κ2) is 4.08. The summed E-state index contributed by atoms with van der Waals surface area (Å²) in [5, 5.41) is 10.4. The summed E-state index contributed by atoms with van der Waals surface area (Å²) in [5.41, 5.74) is 5.09. The van der Waals surface area contributed by atoms with E-state index in [1.807, 2.05) is 0 Å². The number of ether oxygens (including phenoxy) is 1. The molecule has 14 heavy (non-hydrogen) atoms. The van der Waals surface area contributed by atoms with E-state index >= 15 is 0 Å². The lowest BCUT2D eigenvalue weighted by molar-refractivity contribution is -0.434. The molecule has 0 bridgehead atoms. The molecule has 0 fully saturated rings. The first-order chi connectivity index (χ1) is 6.56. The van der Waals surface area contributed by atoms with Gasteiger partial charge in [0, 0.05) is 12.5 Å². The summed E-state index contributed by atoms with van der Waals surface area (Å²) in [7, 11) is 0.